The van der Waals surface area contributed by atoms with Crippen LogP contribution >= 0.6 is 0 Å². The highest BCUT2D eigenvalue weighted by Gasteiger charge is 1.97. The van der Waals surface area contributed by atoms with E-state index in [4.69, 9.17) is 0 Å². The van der Waals surface area contributed by atoms with Gasteiger partial charge in [-0.1, -0.05) is 12.1 Å². The van der Waals surface area contributed by atoms with Crippen molar-refractivity contribution >= 4 is 5.69 Å². The zero-order chi connectivity index (χ0) is 13.0. The molecular formula is C15H21N3. The minimum absolute atomic E-state index is 0.905. The molecule has 0 amide bonds. The van der Waals surface area contributed by atoms with E-state index in [1.165, 1.54) is 16.8 Å². The first kappa shape index (κ1) is 12.7. The summed E-state index contributed by atoms with van der Waals surface area (Å²) in [5.41, 5.74) is 3.88. The molecule has 0 aliphatic heterocycles. The van der Waals surface area contributed by atoms with Gasteiger partial charge in [0.25, 0.3) is 0 Å². The first-order valence-electron chi connectivity index (χ1n) is 6.23. The Morgan fingerprint density at radius 1 is 1.00 bits per heavy atom. The predicted molar refractivity (Wildman–Crippen MR) is 76.7 cm³/mol. The van der Waals surface area contributed by atoms with Crippen LogP contribution in [-0.2, 0) is 20.1 Å². The summed E-state index contributed by atoms with van der Waals surface area (Å²) >= 11 is 0. The fourth-order valence-corrected chi connectivity index (χ4v) is 1.93. The zero-order valence-corrected chi connectivity index (χ0v) is 11.4. The van der Waals surface area contributed by atoms with Crippen LogP contribution in [0.2, 0.25) is 0 Å². The summed E-state index contributed by atoms with van der Waals surface area (Å²) in [5.74, 6) is 0. The number of benzene rings is 1. The van der Waals surface area contributed by atoms with E-state index in [-0.39, 0.29) is 0 Å². The van der Waals surface area contributed by atoms with Gasteiger partial charge >= 0.3 is 0 Å². The molecule has 1 aromatic carbocycles. The van der Waals surface area contributed by atoms with Gasteiger partial charge in [-0.25, -0.2) is 0 Å². The lowest BCUT2D eigenvalue weighted by molar-refractivity contribution is 0.692. The fourth-order valence-electron chi connectivity index (χ4n) is 1.93. The second kappa shape index (κ2) is 5.74. The van der Waals surface area contributed by atoms with E-state index in [1.54, 1.807) is 0 Å². The van der Waals surface area contributed by atoms with Crippen molar-refractivity contribution in [3.05, 3.63) is 53.9 Å². The summed E-state index contributed by atoms with van der Waals surface area (Å²) in [6.07, 6.45) is 4.21. The monoisotopic (exact) mass is 243 g/mol. The largest absolute Gasteiger partial charge is 0.378 e. The van der Waals surface area contributed by atoms with Gasteiger partial charge in [0.15, 0.2) is 0 Å². The quantitative estimate of drug-likeness (QED) is 0.870. The average Bonchev–Trinajstić information content (AvgIpc) is 2.76. The molecule has 1 heterocycles. The van der Waals surface area contributed by atoms with Crippen molar-refractivity contribution in [3.63, 3.8) is 0 Å². The highest BCUT2D eigenvalue weighted by atomic mass is 15.1. The Kier molecular flexibility index (Phi) is 4.05. The van der Waals surface area contributed by atoms with Gasteiger partial charge in [-0.05, 0) is 29.3 Å². The minimum Gasteiger partial charge on any atom is -0.378 e. The molecule has 0 radical (unpaired) electrons. The number of anilines is 1. The van der Waals surface area contributed by atoms with Gasteiger partial charge in [-0.15, -0.1) is 0 Å². The Morgan fingerprint density at radius 3 is 2.22 bits per heavy atom. The van der Waals surface area contributed by atoms with Crippen molar-refractivity contribution in [2.24, 2.45) is 7.05 Å². The Labute approximate surface area is 109 Å². The van der Waals surface area contributed by atoms with Crippen LogP contribution in [0.5, 0.6) is 0 Å². The molecule has 2 rings (SSSR count). The van der Waals surface area contributed by atoms with E-state index in [9.17, 15) is 0 Å². The molecule has 0 fully saturated rings. The maximum atomic E-state index is 3.45. The first-order chi connectivity index (χ1) is 8.65. The van der Waals surface area contributed by atoms with Gasteiger partial charge < -0.3 is 14.8 Å². The molecule has 96 valence electrons. The van der Waals surface area contributed by atoms with Gasteiger partial charge in [0.1, 0.15) is 0 Å². The van der Waals surface area contributed by atoms with Gasteiger partial charge in [0.2, 0.25) is 0 Å². The van der Waals surface area contributed by atoms with E-state index in [0.29, 0.717) is 0 Å². The molecule has 0 saturated carbocycles. The topological polar surface area (TPSA) is 20.2 Å². The lowest BCUT2D eigenvalue weighted by atomic mass is 10.2. The number of aromatic nitrogens is 1. The SMILES string of the molecule is CN(C)c1ccc(CNCc2ccn(C)c2)cc1. The summed E-state index contributed by atoms with van der Waals surface area (Å²) in [5, 5.41) is 3.45. The third-order valence-electron chi connectivity index (χ3n) is 3.00. The van der Waals surface area contributed by atoms with Gasteiger partial charge in [0.05, 0.1) is 0 Å². The Bertz CT molecular complexity index is 483. The molecule has 0 aliphatic carbocycles. The van der Waals surface area contributed by atoms with Crippen molar-refractivity contribution in [1.29, 1.82) is 0 Å². The maximum Gasteiger partial charge on any atom is 0.0361 e. The molecule has 18 heavy (non-hydrogen) atoms. The van der Waals surface area contributed by atoms with E-state index >= 15 is 0 Å². The molecule has 0 spiro atoms. The summed E-state index contributed by atoms with van der Waals surface area (Å²) in [6, 6.07) is 10.8. The Balaban J connectivity index is 1.83. The normalized spacial score (nSPS) is 10.6. The van der Waals surface area contributed by atoms with Crippen LogP contribution in [0, 0.1) is 0 Å². The van der Waals surface area contributed by atoms with Crippen LogP contribution in [0.3, 0.4) is 0 Å². The number of aryl methyl sites for hydroxylation is 1. The minimum atomic E-state index is 0.905. The van der Waals surface area contributed by atoms with E-state index < -0.39 is 0 Å². The Morgan fingerprint density at radius 2 is 1.67 bits per heavy atom. The number of nitrogens with one attached hydrogen (secondary N) is 1. The lowest BCUT2D eigenvalue weighted by Gasteiger charge is -2.12. The van der Waals surface area contributed by atoms with Crippen molar-refractivity contribution in [3.8, 4) is 0 Å². The predicted octanol–water partition coefficient (Wildman–Crippen LogP) is 2.38. The van der Waals surface area contributed by atoms with E-state index in [1.807, 2.05) is 7.05 Å². The van der Waals surface area contributed by atoms with Crippen LogP contribution in [-0.4, -0.2) is 18.7 Å². The molecular weight excluding hydrogens is 222 g/mol. The summed E-state index contributed by atoms with van der Waals surface area (Å²) < 4.78 is 2.07. The smallest absolute Gasteiger partial charge is 0.0361 e. The van der Waals surface area contributed by atoms with Gasteiger partial charge in [-0.2, -0.15) is 0 Å². The summed E-state index contributed by atoms with van der Waals surface area (Å²) in [4.78, 5) is 2.11. The first-order valence-corrected chi connectivity index (χ1v) is 6.23. The molecule has 1 aromatic heterocycles. The number of nitrogens with zero attached hydrogens (tertiary/aromatic N) is 2. The van der Waals surface area contributed by atoms with Crippen LogP contribution in [0.4, 0.5) is 5.69 Å². The molecule has 0 saturated heterocycles. The molecule has 3 nitrogen and oxygen atoms in total. The standard InChI is InChI=1S/C15H21N3/c1-17(2)15-6-4-13(5-7-15)10-16-11-14-8-9-18(3)12-14/h4-9,12,16H,10-11H2,1-3H3. The third kappa shape index (κ3) is 3.37. The highest BCUT2D eigenvalue weighted by Crippen LogP contribution is 2.12. The molecule has 1 N–H and O–H groups in total. The van der Waals surface area contributed by atoms with Crippen molar-refractivity contribution in [1.82, 2.24) is 9.88 Å². The molecule has 0 bridgehead atoms. The molecule has 2 aromatic rings. The number of hydrogen-bond acceptors (Lipinski definition) is 2. The maximum absolute atomic E-state index is 3.45. The van der Waals surface area contributed by atoms with Crippen molar-refractivity contribution in [2.75, 3.05) is 19.0 Å². The Hall–Kier alpha value is -1.74. The molecule has 0 unspecified atom stereocenters. The molecule has 3 heteroatoms. The van der Waals surface area contributed by atoms with E-state index in [2.05, 4.69) is 71.6 Å². The van der Waals surface area contributed by atoms with Gasteiger partial charge in [0, 0.05) is 52.3 Å². The average molecular weight is 243 g/mol. The summed E-state index contributed by atoms with van der Waals surface area (Å²) in [7, 11) is 6.16. The lowest BCUT2D eigenvalue weighted by Crippen LogP contribution is -2.13. The van der Waals surface area contributed by atoms with Crippen LogP contribution in [0.15, 0.2) is 42.7 Å². The van der Waals surface area contributed by atoms with E-state index in [0.717, 1.165) is 13.1 Å². The fraction of sp³-hybridized carbons (Fsp3) is 0.333. The molecule has 0 atom stereocenters. The van der Waals surface area contributed by atoms with Crippen LogP contribution in [0.1, 0.15) is 11.1 Å². The van der Waals surface area contributed by atoms with Crippen LogP contribution in [0.25, 0.3) is 0 Å². The summed E-state index contributed by atoms with van der Waals surface area (Å²) in [6.45, 7) is 1.82. The second-order valence-electron chi connectivity index (χ2n) is 4.85. The molecule has 0 aliphatic rings. The third-order valence-corrected chi connectivity index (χ3v) is 3.00. The highest BCUT2D eigenvalue weighted by molar-refractivity contribution is 5.45. The number of hydrogen-bond donors (Lipinski definition) is 1. The second-order valence-corrected chi connectivity index (χ2v) is 4.85. The van der Waals surface area contributed by atoms with Crippen molar-refractivity contribution in [2.45, 2.75) is 13.1 Å². The number of rotatable bonds is 5. The zero-order valence-electron chi connectivity index (χ0n) is 11.4. The van der Waals surface area contributed by atoms with Crippen LogP contribution < -0.4 is 10.2 Å². The van der Waals surface area contributed by atoms with Gasteiger partial charge in [-0.3, -0.25) is 0 Å². The van der Waals surface area contributed by atoms with Crippen molar-refractivity contribution < 1.29 is 0 Å².